The quantitative estimate of drug-likeness (QED) is 0.837. The average Bonchev–Trinajstić information content (AvgIpc) is 2.86. The van der Waals surface area contributed by atoms with Crippen LogP contribution in [0.3, 0.4) is 0 Å². The van der Waals surface area contributed by atoms with E-state index < -0.39 is 0 Å². The second-order valence-electron chi connectivity index (χ2n) is 4.84. The fourth-order valence-electron chi connectivity index (χ4n) is 2.21. The summed E-state index contributed by atoms with van der Waals surface area (Å²) in [6, 6.07) is 6.14. The molecule has 0 saturated heterocycles. The normalized spacial score (nSPS) is 10.6. The molecule has 20 heavy (non-hydrogen) atoms. The zero-order valence-electron chi connectivity index (χ0n) is 12.5. The molecule has 0 unspecified atom stereocenters. The minimum Gasteiger partial charge on any atom is -0.494 e. The Morgan fingerprint density at radius 3 is 2.85 bits per heavy atom. The van der Waals surface area contributed by atoms with Gasteiger partial charge < -0.3 is 14.6 Å². The molecule has 0 atom stereocenters. The largest absolute Gasteiger partial charge is 0.494 e. The van der Waals surface area contributed by atoms with Crippen molar-refractivity contribution in [3.05, 3.63) is 42.0 Å². The molecule has 1 aromatic heterocycles. The summed E-state index contributed by atoms with van der Waals surface area (Å²) in [5, 5.41) is 3.47. The monoisotopic (exact) mass is 273 g/mol. The summed E-state index contributed by atoms with van der Waals surface area (Å²) in [4.78, 5) is 4.22. The Morgan fingerprint density at radius 2 is 2.15 bits per heavy atom. The van der Waals surface area contributed by atoms with Gasteiger partial charge in [-0.15, -0.1) is 0 Å². The second-order valence-corrected chi connectivity index (χ2v) is 4.84. The van der Waals surface area contributed by atoms with Crippen molar-refractivity contribution in [1.82, 2.24) is 9.55 Å². The highest BCUT2D eigenvalue weighted by Crippen LogP contribution is 2.22. The molecule has 1 N–H and O–H groups in total. The Morgan fingerprint density at radius 1 is 1.30 bits per heavy atom. The first-order chi connectivity index (χ1) is 9.74. The highest BCUT2D eigenvalue weighted by molar-refractivity contribution is 5.53. The Labute approximate surface area is 120 Å². The maximum Gasteiger partial charge on any atom is 0.119 e. The third-order valence-corrected chi connectivity index (χ3v) is 3.23. The number of aryl methyl sites for hydroxylation is 2. The van der Waals surface area contributed by atoms with Crippen LogP contribution >= 0.6 is 0 Å². The topological polar surface area (TPSA) is 39.1 Å². The van der Waals surface area contributed by atoms with Gasteiger partial charge in [0.2, 0.25) is 0 Å². The third-order valence-electron chi connectivity index (χ3n) is 3.23. The van der Waals surface area contributed by atoms with Gasteiger partial charge in [-0.05, 0) is 44.0 Å². The molecule has 0 radical (unpaired) electrons. The van der Waals surface area contributed by atoms with Crippen molar-refractivity contribution in [1.29, 1.82) is 0 Å². The molecule has 0 bridgehead atoms. The minimum absolute atomic E-state index is 0.697. The first-order valence-electron chi connectivity index (χ1n) is 7.21. The van der Waals surface area contributed by atoms with E-state index >= 15 is 0 Å². The van der Waals surface area contributed by atoms with Gasteiger partial charge in [-0.25, -0.2) is 4.98 Å². The predicted molar refractivity (Wildman–Crippen MR) is 82.2 cm³/mol. The van der Waals surface area contributed by atoms with E-state index in [1.54, 1.807) is 0 Å². The molecular weight excluding hydrogens is 250 g/mol. The molecule has 1 heterocycles. The zero-order chi connectivity index (χ0) is 14.4. The minimum atomic E-state index is 0.697. The van der Waals surface area contributed by atoms with Gasteiger partial charge in [-0.1, -0.05) is 6.92 Å². The molecule has 2 rings (SSSR count). The highest BCUT2D eigenvalue weighted by Gasteiger charge is 2.04. The number of nitrogens with zero attached hydrogens (tertiary/aromatic N) is 2. The van der Waals surface area contributed by atoms with Crippen molar-refractivity contribution in [2.45, 2.75) is 40.3 Å². The number of aromatic nitrogens is 2. The summed E-state index contributed by atoms with van der Waals surface area (Å²) in [5.74, 6) is 0.923. The van der Waals surface area contributed by atoms with Crippen molar-refractivity contribution >= 4 is 5.69 Å². The van der Waals surface area contributed by atoms with Crippen molar-refractivity contribution < 1.29 is 4.74 Å². The molecule has 0 saturated carbocycles. The smallest absolute Gasteiger partial charge is 0.119 e. The maximum atomic E-state index is 5.50. The number of imidazole rings is 1. The Bertz CT molecular complexity index is 548. The number of hydrogen-bond acceptors (Lipinski definition) is 3. The standard InChI is InChI=1S/C16H23N3O/c1-4-8-19-12-17-10-14(19)11-18-16-7-6-15(20-5-2)9-13(16)3/h6-7,9-10,12,18H,4-5,8,11H2,1-3H3. The van der Waals surface area contributed by atoms with Crippen LogP contribution in [0.15, 0.2) is 30.7 Å². The van der Waals surface area contributed by atoms with Gasteiger partial charge in [-0.3, -0.25) is 0 Å². The summed E-state index contributed by atoms with van der Waals surface area (Å²) in [5.41, 5.74) is 3.54. The molecule has 0 aliphatic carbocycles. The molecule has 0 spiro atoms. The Kier molecular flexibility index (Phi) is 5.04. The van der Waals surface area contributed by atoms with Crippen LogP contribution in [0.4, 0.5) is 5.69 Å². The van der Waals surface area contributed by atoms with E-state index in [2.05, 4.69) is 40.8 Å². The fourth-order valence-corrected chi connectivity index (χ4v) is 2.21. The first kappa shape index (κ1) is 14.4. The van der Waals surface area contributed by atoms with E-state index in [1.165, 1.54) is 11.3 Å². The lowest BCUT2D eigenvalue weighted by Gasteiger charge is -2.12. The molecule has 0 aliphatic heterocycles. The van der Waals surface area contributed by atoms with E-state index in [0.717, 1.165) is 30.9 Å². The van der Waals surface area contributed by atoms with Crippen LogP contribution in [0.1, 0.15) is 31.5 Å². The number of hydrogen-bond donors (Lipinski definition) is 1. The number of nitrogens with one attached hydrogen (secondary N) is 1. The van der Waals surface area contributed by atoms with Crippen LogP contribution in [-0.2, 0) is 13.1 Å². The summed E-state index contributed by atoms with van der Waals surface area (Å²) in [7, 11) is 0. The molecule has 1 aromatic carbocycles. The fraction of sp³-hybridized carbons (Fsp3) is 0.438. The molecule has 0 amide bonds. The van der Waals surface area contributed by atoms with Gasteiger partial charge in [0, 0.05) is 18.4 Å². The van der Waals surface area contributed by atoms with Crippen LogP contribution in [0.2, 0.25) is 0 Å². The SMILES string of the molecule is CCCn1cncc1CNc1ccc(OCC)cc1C. The number of rotatable bonds is 7. The van der Waals surface area contributed by atoms with E-state index in [1.807, 2.05) is 25.5 Å². The maximum absolute atomic E-state index is 5.50. The van der Waals surface area contributed by atoms with Gasteiger partial charge in [0.05, 0.1) is 25.2 Å². The van der Waals surface area contributed by atoms with Gasteiger partial charge in [0.1, 0.15) is 5.75 Å². The molecule has 4 nitrogen and oxygen atoms in total. The molecule has 0 fully saturated rings. The molecular formula is C16H23N3O. The first-order valence-corrected chi connectivity index (χ1v) is 7.21. The lowest BCUT2D eigenvalue weighted by atomic mass is 10.2. The van der Waals surface area contributed by atoms with E-state index in [-0.39, 0.29) is 0 Å². The van der Waals surface area contributed by atoms with E-state index in [9.17, 15) is 0 Å². The van der Waals surface area contributed by atoms with Crippen molar-refractivity contribution in [2.75, 3.05) is 11.9 Å². The van der Waals surface area contributed by atoms with Crippen LogP contribution in [0.5, 0.6) is 5.75 Å². The van der Waals surface area contributed by atoms with Crippen LogP contribution in [0, 0.1) is 6.92 Å². The van der Waals surface area contributed by atoms with Gasteiger partial charge in [-0.2, -0.15) is 0 Å². The van der Waals surface area contributed by atoms with Gasteiger partial charge in [0.25, 0.3) is 0 Å². The second kappa shape index (κ2) is 6.98. The zero-order valence-corrected chi connectivity index (χ0v) is 12.5. The van der Waals surface area contributed by atoms with Crippen molar-refractivity contribution in [3.63, 3.8) is 0 Å². The van der Waals surface area contributed by atoms with Crippen molar-refractivity contribution in [3.8, 4) is 5.75 Å². The number of benzene rings is 1. The molecule has 108 valence electrons. The molecule has 4 heteroatoms. The molecule has 0 aliphatic rings. The predicted octanol–water partition coefficient (Wildman–Crippen LogP) is 3.61. The summed E-state index contributed by atoms with van der Waals surface area (Å²) in [6.45, 7) is 8.76. The van der Waals surface area contributed by atoms with Crippen LogP contribution < -0.4 is 10.1 Å². The lowest BCUT2D eigenvalue weighted by Crippen LogP contribution is -2.07. The third kappa shape index (κ3) is 3.53. The van der Waals surface area contributed by atoms with E-state index in [4.69, 9.17) is 4.74 Å². The van der Waals surface area contributed by atoms with Crippen LogP contribution in [-0.4, -0.2) is 16.2 Å². The molecule has 2 aromatic rings. The van der Waals surface area contributed by atoms with Crippen molar-refractivity contribution in [2.24, 2.45) is 0 Å². The van der Waals surface area contributed by atoms with Gasteiger partial charge >= 0.3 is 0 Å². The highest BCUT2D eigenvalue weighted by atomic mass is 16.5. The summed E-state index contributed by atoms with van der Waals surface area (Å²) >= 11 is 0. The number of anilines is 1. The van der Waals surface area contributed by atoms with E-state index in [0.29, 0.717) is 6.61 Å². The summed E-state index contributed by atoms with van der Waals surface area (Å²) in [6.07, 6.45) is 4.93. The Hall–Kier alpha value is -1.97. The number of ether oxygens (including phenoxy) is 1. The average molecular weight is 273 g/mol. The lowest BCUT2D eigenvalue weighted by molar-refractivity contribution is 0.340. The van der Waals surface area contributed by atoms with Crippen LogP contribution in [0.25, 0.3) is 0 Å². The Balaban J connectivity index is 2.01. The van der Waals surface area contributed by atoms with Gasteiger partial charge in [0.15, 0.2) is 0 Å². The summed E-state index contributed by atoms with van der Waals surface area (Å²) < 4.78 is 7.69.